The maximum atomic E-state index is 11.1. The zero-order valence-electron chi connectivity index (χ0n) is 24.2. The minimum absolute atomic E-state index is 0.212. The number of hydrogen-bond donors (Lipinski definition) is 1. The van der Waals surface area contributed by atoms with Gasteiger partial charge in [0.05, 0.1) is 0 Å². The van der Waals surface area contributed by atoms with Crippen LogP contribution in [0.2, 0.25) is 0 Å². The molecule has 2 aromatic carbocycles. The second kappa shape index (κ2) is 17.7. The second-order valence-corrected chi connectivity index (χ2v) is 11.5. The molecule has 0 aliphatic heterocycles. The molecule has 202 valence electrons. The Balaban J connectivity index is 2.06. The van der Waals surface area contributed by atoms with Crippen LogP contribution in [0.3, 0.4) is 0 Å². The van der Waals surface area contributed by atoms with Gasteiger partial charge in [-0.1, -0.05) is 154 Å². The van der Waals surface area contributed by atoms with Gasteiger partial charge in [-0.05, 0) is 48.4 Å². The SMILES string of the molecule is CCCCCCCCCCCCc1c(CCCCCCCC)ccc(O)c1C(C)(C)c1ccccc1. The van der Waals surface area contributed by atoms with Gasteiger partial charge in [-0.3, -0.25) is 0 Å². The number of benzene rings is 2. The van der Waals surface area contributed by atoms with Crippen LogP contribution in [0.4, 0.5) is 0 Å². The molecule has 0 saturated carbocycles. The van der Waals surface area contributed by atoms with Crippen LogP contribution in [0, 0.1) is 0 Å². The molecular weight excluding hydrogens is 436 g/mol. The van der Waals surface area contributed by atoms with Gasteiger partial charge < -0.3 is 5.11 Å². The first-order valence-corrected chi connectivity index (χ1v) is 15.4. The van der Waals surface area contributed by atoms with Gasteiger partial charge in [-0.15, -0.1) is 0 Å². The van der Waals surface area contributed by atoms with E-state index in [1.165, 1.54) is 119 Å². The van der Waals surface area contributed by atoms with Crippen molar-refractivity contribution < 1.29 is 5.11 Å². The van der Waals surface area contributed by atoms with Gasteiger partial charge in [-0.2, -0.15) is 0 Å². The van der Waals surface area contributed by atoms with E-state index in [2.05, 4.69) is 64.1 Å². The molecule has 0 fully saturated rings. The Morgan fingerprint density at radius 3 is 1.56 bits per heavy atom. The lowest BCUT2D eigenvalue weighted by molar-refractivity contribution is 0.449. The summed E-state index contributed by atoms with van der Waals surface area (Å²) in [6.07, 6.45) is 23.8. The molecule has 0 heterocycles. The van der Waals surface area contributed by atoms with Crippen LogP contribution in [0.15, 0.2) is 42.5 Å². The van der Waals surface area contributed by atoms with Crippen LogP contribution in [0.25, 0.3) is 0 Å². The van der Waals surface area contributed by atoms with Gasteiger partial charge in [0.25, 0.3) is 0 Å². The molecule has 1 N–H and O–H groups in total. The van der Waals surface area contributed by atoms with Crippen molar-refractivity contribution in [3.63, 3.8) is 0 Å². The molecule has 36 heavy (non-hydrogen) atoms. The third kappa shape index (κ3) is 10.3. The van der Waals surface area contributed by atoms with Crippen molar-refractivity contribution >= 4 is 0 Å². The molecule has 1 heteroatoms. The molecule has 0 atom stereocenters. The normalized spacial score (nSPS) is 11.8. The number of aryl methyl sites for hydroxylation is 1. The highest BCUT2D eigenvalue weighted by atomic mass is 16.3. The predicted molar refractivity (Wildman–Crippen MR) is 159 cm³/mol. The zero-order chi connectivity index (χ0) is 26.1. The molecule has 0 radical (unpaired) electrons. The summed E-state index contributed by atoms with van der Waals surface area (Å²) in [6.45, 7) is 9.14. The molecule has 2 aromatic rings. The molecule has 0 aromatic heterocycles. The minimum atomic E-state index is -0.212. The molecule has 0 saturated heterocycles. The standard InChI is InChI=1S/C35H56O/c1-5-7-9-11-13-14-15-16-18-23-27-32-30(24-20-17-12-10-8-6-2)28-29-33(36)34(32)35(3,4)31-25-21-19-22-26-31/h19,21-22,25-26,28-29,36H,5-18,20,23-24,27H2,1-4H3. The Hall–Kier alpha value is -1.76. The molecular formula is C35H56O. The van der Waals surface area contributed by atoms with E-state index in [-0.39, 0.29) is 5.41 Å². The Morgan fingerprint density at radius 2 is 1.03 bits per heavy atom. The van der Waals surface area contributed by atoms with Crippen LogP contribution in [0.1, 0.15) is 153 Å². The summed E-state index contributed by atoms with van der Waals surface area (Å²) >= 11 is 0. The van der Waals surface area contributed by atoms with E-state index in [1.807, 2.05) is 6.07 Å². The van der Waals surface area contributed by atoms with Crippen molar-refractivity contribution in [2.75, 3.05) is 0 Å². The highest BCUT2D eigenvalue weighted by molar-refractivity contribution is 5.53. The van der Waals surface area contributed by atoms with E-state index >= 15 is 0 Å². The highest BCUT2D eigenvalue weighted by Gasteiger charge is 2.30. The minimum Gasteiger partial charge on any atom is -0.508 e. The summed E-state index contributed by atoms with van der Waals surface area (Å²) in [5, 5.41) is 11.1. The molecule has 1 nitrogen and oxygen atoms in total. The van der Waals surface area contributed by atoms with Crippen molar-refractivity contribution in [2.45, 2.75) is 149 Å². The molecule has 0 spiro atoms. The van der Waals surface area contributed by atoms with Gasteiger partial charge in [0.2, 0.25) is 0 Å². The highest BCUT2D eigenvalue weighted by Crippen LogP contribution is 2.41. The summed E-state index contributed by atoms with van der Waals surface area (Å²) in [5.74, 6) is 0.470. The smallest absolute Gasteiger partial charge is 0.119 e. The Kier molecular flexibility index (Phi) is 14.9. The van der Waals surface area contributed by atoms with E-state index in [9.17, 15) is 5.11 Å². The van der Waals surface area contributed by atoms with Crippen LogP contribution in [-0.4, -0.2) is 5.11 Å². The van der Waals surface area contributed by atoms with Crippen molar-refractivity contribution in [1.82, 2.24) is 0 Å². The van der Waals surface area contributed by atoms with Crippen LogP contribution >= 0.6 is 0 Å². The summed E-state index contributed by atoms with van der Waals surface area (Å²) in [4.78, 5) is 0. The number of hydrogen-bond acceptors (Lipinski definition) is 1. The van der Waals surface area contributed by atoms with Crippen LogP contribution < -0.4 is 0 Å². The number of aromatic hydroxyl groups is 1. The lowest BCUT2D eigenvalue weighted by Gasteiger charge is -2.31. The Labute approximate surface area is 224 Å². The van der Waals surface area contributed by atoms with Crippen molar-refractivity contribution in [3.05, 3.63) is 64.7 Å². The maximum Gasteiger partial charge on any atom is 0.119 e. The number of rotatable bonds is 20. The molecule has 2 rings (SSSR count). The Morgan fingerprint density at radius 1 is 0.556 bits per heavy atom. The average molecular weight is 493 g/mol. The lowest BCUT2D eigenvalue weighted by atomic mass is 9.73. The van der Waals surface area contributed by atoms with E-state index in [1.54, 1.807) is 0 Å². The third-order valence-corrected chi connectivity index (χ3v) is 8.09. The fourth-order valence-electron chi connectivity index (χ4n) is 5.78. The fraction of sp³-hybridized carbons (Fsp3) is 0.657. The second-order valence-electron chi connectivity index (χ2n) is 11.5. The van der Waals surface area contributed by atoms with Gasteiger partial charge in [0.15, 0.2) is 0 Å². The number of phenolic OH excluding ortho intramolecular Hbond substituents is 1. The van der Waals surface area contributed by atoms with Gasteiger partial charge in [-0.25, -0.2) is 0 Å². The van der Waals surface area contributed by atoms with Crippen molar-refractivity contribution in [2.24, 2.45) is 0 Å². The van der Waals surface area contributed by atoms with Crippen molar-refractivity contribution in [1.29, 1.82) is 0 Å². The first-order valence-electron chi connectivity index (χ1n) is 15.4. The van der Waals surface area contributed by atoms with Crippen molar-refractivity contribution in [3.8, 4) is 5.75 Å². The Bertz CT molecular complexity index is 820. The monoisotopic (exact) mass is 492 g/mol. The summed E-state index contributed by atoms with van der Waals surface area (Å²) in [6, 6.07) is 14.9. The first-order chi connectivity index (χ1) is 17.5. The fourth-order valence-corrected chi connectivity index (χ4v) is 5.78. The van der Waals surface area contributed by atoms with E-state index in [0.29, 0.717) is 5.75 Å². The lowest BCUT2D eigenvalue weighted by Crippen LogP contribution is -2.22. The van der Waals surface area contributed by atoms with Gasteiger partial charge in [0.1, 0.15) is 5.75 Å². The molecule has 0 bridgehead atoms. The molecule has 0 aliphatic carbocycles. The molecule has 0 aliphatic rings. The quantitative estimate of drug-likeness (QED) is 0.182. The van der Waals surface area contributed by atoms with Gasteiger partial charge in [0, 0.05) is 11.0 Å². The van der Waals surface area contributed by atoms with E-state index in [0.717, 1.165) is 18.4 Å². The summed E-state index contributed by atoms with van der Waals surface area (Å²) in [5.41, 5.74) is 5.13. The van der Waals surface area contributed by atoms with E-state index < -0.39 is 0 Å². The van der Waals surface area contributed by atoms with E-state index in [4.69, 9.17) is 0 Å². The van der Waals surface area contributed by atoms with Crippen LogP contribution in [-0.2, 0) is 18.3 Å². The number of phenols is 1. The van der Waals surface area contributed by atoms with Crippen LogP contribution in [0.5, 0.6) is 5.75 Å². The maximum absolute atomic E-state index is 11.1. The zero-order valence-corrected chi connectivity index (χ0v) is 24.2. The van der Waals surface area contributed by atoms with Gasteiger partial charge >= 0.3 is 0 Å². The largest absolute Gasteiger partial charge is 0.508 e. The summed E-state index contributed by atoms with van der Waals surface area (Å²) < 4.78 is 0. The number of unbranched alkanes of at least 4 members (excludes halogenated alkanes) is 14. The predicted octanol–water partition coefficient (Wildman–Crippen LogP) is 11.1. The topological polar surface area (TPSA) is 20.2 Å². The molecule has 0 amide bonds. The molecule has 0 unspecified atom stereocenters. The average Bonchev–Trinajstić information content (AvgIpc) is 2.88. The first kappa shape index (κ1) is 30.5. The summed E-state index contributed by atoms with van der Waals surface area (Å²) in [7, 11) is 0. The third-order valence-electron chi connectivity index (χ3n) is 8.09.